The van der Waals surface area contributed by atoms with Gasteiger partial charge in [-0.3, -0.25) is 4.79 Å². The van der Waals surface area contributed by atoms with Crippen molar-refractivity contribution in [1.82, 2.24) is 14.9 Å². The first-order chi connectivity index (χ1) is 10.2. The molecule has 3 rings (SSSR count). The van der Waals surface area contributed by atoms with E-state index in [1.165, 1.54) is 23.6 Å². The van der Waals surface area contributed by atoms with Crippen molar-refractivity contribution in [2.45, 2.75) is 12.8 Å². The molecule has 108 valence electrons. The van der Waals surface area contributed by atoms with Crippen LogP contribution >= 0.6 is 0 Å². The Balaban J connectivity index is 1.98. The molecule has 2 heterocycles. The predicted octanol–water partition coefficient (Wildman–Crippen LogP) is 2.66. The second-order valence-electron chi connectivity index (χ2n) is 4.94. The standard InChI is InChI=1S/C15H13F2N3O/c16-12-5-10(11-7-18-9-19-8-11)6-13(17)14(12)15(21)20-3-1-2-4-20/h5-9H,1-4H2. The molecule has 4 nitrogen and oxygen atoms in total. The van der Waals surface area contributed by atoms with Gasteiger partial charge in [0.05, 0.1) is 0 Å². The van der Waals surface area contributed by atoms with Crippen molar-refractivity contribution < 1.29 is 13.6 Å². The number of aromatic nitrogens is 2. The Kier molecular flexibility index (Phi) is 3.60. The van der Waals surface area contributed by atoms with Gasteiger partial charge < -0.3 is 4.90 Å². The fraction of sp³-hybridized carbons (Fsp3) is 0.267. The van der Waals surface area contributed by atoms with Gasteiger partial charge in [0.2, 0.25) is 0 Å². The minimum Gasteiger partial charge on any atom is -0.338 e. The maximum absolute atomic E-state index is 14.2. The summed E-state index contributed by atoms with van der Waals surface area (Å²) in [7, 11) is 0. The van der Waals surface area contributed by atoms with Crippen LogP contribution in [0.2, 0.25) is 0 Å². The van der Waals surface area contributed by atoms with Crippen LogP contribution in [0.1, 0.15) is 23.2 Å². The monoisotopic (exact) mass is 289 g/mol. The second-order valence-corrected chi connectivity index (χ2v) is 4.94. The lowest BCUT2D eigenvalue weighted by molar-refractivity contribution is 0.0783. The van der Waals surface area contributed by atoms with Crippen molar-refractivity contribution in [3.8, 4) is 11.1 Å². The van der Waals surface area contributed by atoms with Gasteiger partial charge in [0.15, 0.2) is 0 Å². The van der Waals surface area contributed by atoms with E-state index in [0.717, 1.165) is 25.0 Å². The summed E-state index contributed by atoms with van der Waals surface area (Å²) in [6.45, 7) is 1.10. The van der Waals surface area contributed by atoms with E-state index in [-0.39, 0.29) is 0 Å². The lowest BCUT2D eigenvalue weighted by Gasteiger charge is -2.16. The number of hydrogen-bond donors (Lipinski definition) is 0. The third-order valence-corrected chi connectivity index (χ3v) is 3.54. The van der Waals surface area contributed by atoms with Crippen molar-refractivity contribution in [2.75, 3.05) is 13.1 Å². The Hall–Kier alpha value is -2.37. The predicted molar refractivity (Wildman–Crippen MR) is 72.5 cm³/mol. The fourth-order valence-electron chi connectivity index (χ4n) is 2.47. The van der Waals surface area contributed by atoms with Crippen LogP contribution in [0, 0.1) is 11.6 Å². The second kappa shape index (κ2) is 5.55. The third-order valence-electron chi connectivity index (χ3n) is 3.54. The Bertz CT molecular complexity index is 647. The van der Waals surface area contributed by atoms with Crippen molar-refractivity contribution in [2.24, 2.45) is 0 Å². The lowest BCUT2D eigenvalue weighted by Crippen LogP contribution is -2.29. The molecule has 6 heteroatoms. The highest BCUT2D eigenvalue weighted by molar-refractivity contribution is 5.95. The van der Waals surface area contributed by atoms with Gasteiger partial charge in [-0.2, -0.15) is 0 Å². The van der Waals surface area contributed by atoms with Gasteiger partial charge in [0, 0.05) is 31.0 Å². The number of hydrogen-bond acceptors (Lipinski definition) is 3. The summed E-state index contributed by atoms with van der Waals surface area (Å²) in [6.07, 6.45) is 6.00. The molecule has 0 saturated carbocycles. The summed E-state index contributed by atoms with van der Waals surface area (Å²) in [6, 6.07) is 2.29. The SMILES string of the molecule is O=C(c1c(F)cc(-c2cncnc2)cc1F)N1CCCC1. The zero-order valence-corrected chi connectivity index (χ0v) is 11.2. The van der Waals surface area contributed by atoms with Crippen LogP contribution in [0.5, 0.6) is 0 Å². The highest BCUT2D eigenvalue weighted by Gasteiger charge is 2.26. The maximum atomic E-state index is 14.2. The molecule has 0 aliphatic carbocycles. The molecular weight excluding hydrogens is 276 g/mol. The zero-order valence-electron chi connectivity index (χ0n) is 11.2. The smallest absolute Gasteiger partial charge is 0.259 e. The highest BCUT2D eigenvalue weighted by atomic mass is 19.1. The zero-order chi connectivity index (χ0) is 14.8. The van der Waals surface area contributed by atoms with Gasteiger partial charge in [-0.25, -0.2) is 18.7 Å². The number of carbonyl (C=O) groups is 1. The number of halogens is 2. The van der Waals surface area contributed by atoms with E-state index in [2.05, 4.69) is 9.97 Å². The Morgan fingerprint density at radius 2 is 1.57 bits per heavy atom. The van der Waals surface area contributed by atoms with Crippen LogP contribution in [-0.2, 0) is 0 Å². The lowest BCUT2D eigenvalue weighted by atomic mass is 10.0. The van der Waals surface area contributed by atoms with Gasteiger partial charge in [-0.05, 0) is 30.5 Å². The number of likely N-dealkylation sites (tertiary alicyclic amines) is 1. The molecule has 1 amide bonds. The summed E-state index contributed by atoms with van der Waals surface area (Å²) >= 11 is 0. The molecule has 0 bridgehead atoms. The average molecular weight is 289 g/mol. The molecule has 0 radical (unpaired) electrons. The van der Waals surface area contributed by atoms with Crippen molar-refractivity contribution in [1.29, 1.82) is 0 Å². The van der Waals surface area contributed by atoms with E-state index < -0.39 is 23.1 Å². The summed E-state index contributed by atoms with van der Waals surface area (Å²) in [5.41, 5.74) is 0.316. The van der Waals surface area contributed by atoms with Gasteiger partial charge >= 0.3 is 0 Å². The van der Waals surface area contributed by atoms with Gasteiger partial charge in [-0.15, -0.1) is 0 Å². The third kappa shape index (κ3) is 2.61. The molecule has 1 saturated heterocycles. The van der Waals surface area contributed by atoms with Crippen LogP contribution in [-0.4, -0.2) is 33.9 Å². The normalized spacial score (nSPS) is 14.5. The molecule has 0 N–H and O–H groups in total. The van der Waals surface area contributed by atoms with Crippen molar-refractivity contribution in [3.63, 3.8) is 0 Å². The molecule has 1 fully saturated rings. The summed E-state index contributed by atoms with van der Waals surface area (Å²) in [5.74, 6) is -2.30. The first-order valence-electron chi connectivity index (χ1n) is 6.70. The molecule has 1 aromatic heterocycles. The van der Waals surface area contributed by atoms with Crippen molar-refractivity contribution >= 4 is 5.91 Å². The van der Waals surface area contributed by atoms with Gasteiger partial charge in [0.1, 0.15) is 23.5 Å². The molecule has 21 heavy (non-hydrogen) atoms. The largest absolute Gasteiger partial charge is 0.338 e. The van der Waals surface area contributed by atoms with Crippen LogP contribution in [0.4, 0.5) is 8.78 Å². The minimum absolute atomic E-state index is 0.309. The molecule has 2 aromatic rings. The molecule has 0 unspecified atom stereocenters. The van der Waals surface area contributed by atoms with E-state index in [1.807, 2.05) is 0 Å². The number of carbonyl (C=O) groups excluding carboxylic acids is 1. The van der Waals surface area contributed by atoms with Crippen LogP contribution in [0.3, 0.4) is 0 Å². The van der Waals surface area contributed by atoms with Crippen LogP contribution in [0.25, 0.3) is 11.1 Å². The molecule has 1 aliphatic heterocycles. The summed E-state index contributed by atoms with van der Waals surface area (Å²) in [5, 5.41) is 0. The molecule has 0 atom stereocenters. The van der Waals surface area contributed by atoms with E-state index in [1.54, 1.807) is 0 Å². The van der Waals surface area contributed by atoms with E-state index in [9.17, 15) is 13.6 Å². The Labute approximate surface area is 120 Å². The topological polar surface area (TPSA) is 46.1 Å². The molecule has 0 spiro atoms. The van der Waals surface area contributed by atoms with E-state index in [4.69, 9.17) is 0 Å². The number of nitrogens with zero attached hydrogens (tertiary/aromatic N) is 3. The van der Waals surface area contributed by atoms with E-state index >= 15 is 0 Å². The van der Waals surface area contributed by atoms with Gasteiger partial charge in [-0.1, -0.05) is 0 Å². The minimum atomic E-state index is -0.856. The van der Waals surface area contributed by atoms with Crippen molar-refractivity contribution in [3.05, 3.63) is 48.1 Å². The quantitative estimate of drug-likeness (QED) is 0.854. The van der Waals surface area contributed by atoms with Crippen LogP contribution in [0.15, 0.2) is 30.9 Å². The molecule has 1 aromatic carbocycles. The maximum Gasteiger partial charge on any atom is 0.259 e. The first kappa shape index (κ1) is 13.6. The summed E-state index contributed by atoms with van der Waals surface area (Å²) < 4.78 is 28.3. The highest BCUT2D eigenvalue weighted by Crippen LogP contribution is 2.25. The van der Waals surface area contributed by atoms with Crippen LogP contribution < -0.4 is 0 Å². The molecular formula is C15H13F2N3O. The molecule has 1 aliphatic rings. The van der Waals surface area contributed by atoms with Gasteiger partial charge in [0.25, 0.3) is 5.91 Å². The summed E-state index contributed by atoms with van der Waals surface area (Å²) in [4.78, 5) is 21.3. The Morgan fingerprint density at radius 3 is 2.14 bits per heavy atom. The van der Waals surface area contributed by atoms with E-state index in [0.29, 0.717) is 24.2 Å². The average Bonchev–Trinajstić information content (AvgIpc) is 3.01. The Morgan fingerprint density at radius 1 is 1.00 bits per heavy atom. The fourth-order valence-corrected chi connectivity index (χ4v) is 2.47. The first-order valence-corrected chi connectivity index (χ1v) is 6.70. The number of benzene rings is 1. The number of rotatable bonds is 2. The number of amides is 1.